The fourth-order valence-corrected chi connectivity index (χ4v) is 1.12. The van der Waals surface area contributed by atoms with Crippen molar-refractivity contribution >= 4 is 28.7 Å². The molecular weight excluding hydrogens is 194 g/mol. The van der Waals surface area contributed by atoms with Gasteiger partial charge in [-0.25, -0.2) is 9.78 Å². The van der Waals surface area contributed by atoms with Gasteiger partial charge in [-0.3, -0.25) is 0 Å². The molecule has 0 fully saturated rings. The van der Waals surface area contributed by atoms with E-state index in [0.717, 1.165) is 0 Å². The maximum Gasteiger partial charge on any atom is 0.350 e. The number of aliphatic carboxylic acids is 1. The molecule has 0 saturated heterocycles. The Morgan fingerprint density at radius 1 is 1.92 bits per heavy atom. The number of hydrogen-bond donors (Lipinski definition) is 2. The second kappa shape index (κ2) is 4.41. The Morgan fingerprint density at radius 2 is 2.69 bits per heavy atom. The summed E-state index contributed by atoms with van der Waals surface area (Å²) in [5.41, 5.74) is 5.98. The van der Waals surface area contributed by atoms with Crippen molar-refractivity contribution in [2.75, 3.05) is 5.73 Å². The maximum atomic E-state index is 9.95. The first-order valence-electron chi connectivity index (χ1n) is 3.26. The standard InChI is InChI=1S/C6H7N3O3S/c7-6-9-4(3-13-6)2-12-8-1-5(10)11/h1,3H,2H2,(H2,7,9)(H,10,11)/b8-1-. The van der Waals surface area contributed by atoms with Crippen LogP contribution in [-0.4, -0.2) is 22.3 Å². The van der Waals surface area contributed by atoms with Gasteiger partial charge in [-0.2, -0.15) is 0 Å². The first kappa shape index (κ1) is 9.46. The van der Waals surface area contributed by atoms with Crippen LogP contribution in [0.5, 0.6) is 0 Å². The lowest BCUT2D eigenvalue weighted by atomic mass is 10.5. The summed E-state index contributed by atoms with van der Waals surface area (Å²) in [6.45, 7) is 0.123. The third-order valence-electron chi connectivity index (χ3n) is 1.02. The molecule has 0 aliphatic carbocycles. The molecule has 7 heteroatoms. The molecule has 70 valence electrons. The van der Waals surface area contributed by atoms with Crippen molar-refractivity contribution in [2.24, 2.45) is 5.16 Å². The van der Waals surface area contributed by atoms with Crippen molar-refractivity contribution in [3.8, 4) is 0 Å². The number of thiazole rings is 1. The summed E-state index contributed by atoms with van der Waals surface area (Å²) < 4.78 is 0. The zero-order valence-corrected chi connectivity index (χ0v) is 7.32. The Labute approximate surface area is 77.6 Å². The van der Waals surface area contributed by atoms with E-state index < -0.39 is 5.97 Å². The number of aromatic nitrogens is 1. The van der Waals surface area contributed by atoms with Crippen molar-refractivity contribution in [1.82, 2.24) is 4.98 Å². The monoisotopic (exact) mass is 201 g/mol. The van der Waals surface area contributed by atoms with Crippen LogP contribution >= 0.6 is 11.3 Å². The Morgan fingerprint density at radius 3 is 3.23 bits per heavy atom. The maximum absolute atomic E-state index is 9.95. The Kier molecular flexibility index (Phi) is 3.21. The van der Waals surface area contributed by atoms with Crippen LogP contribution in [0, 0.1) is 0 Å². The molecule has 3 N–H and O–H groups in total. The molecule has 13 heavy (non-hydrogen) atoms. The van der Waals surface area contributed by atoms with Gasteiger partial charge in [0.05, 0.1) is 5.69 Å². The summed E-state index contributed by atoms with van der Waals surface area (Å²) in [5, 5.41) is 13.5. The zero-order chi connectivity index (χ0) is 9.68. The lowest BCUT2D eigenvalue weighted by molar-refractivity contribution is -0.129. The van der Waals surface area contributed by atoms with E-state index >= 15 is 0 Å². The Bertz CT molecular complexity index is 323. The summed E-state index contributed by atoms with van der Waals surface area (Å²) >= 11 is 1.29. The molecule has 0 saturated carbocycles. The van der Waals surface area contributed by atoms with Gasteiger partial charge in [0.15, 0.2) is 18.0 Å². The minimum Gasteiger partial charge on any atom is -0.477 e. The number of nitrogen functional groups attached to an aromatic ring is 1. The lowest BCUT2D eigenvalue weighted by Crippen LogP contribution is -1.96. The highest BCUT2D eigenvalue weighted by Crippen LogP contribution is 2.11. The third kappa shape index (κ3) is 3.52. The predicted molar refractivity (Wildman–Crippen MR) is 47.4 cm³/mol. The van der Waals surface area contributed by atoms with E-state index in [1.165, 1.54) is 11.3 Å². The Hall–Kier alpha value is -1.63. The van der Waals surface area contributed by atoms with Crippen LogP contribution in [0.1, 0.15) is 5.69 Å². The van der Waals surface area contributed by atoms with Gasteiger partial charge in [-0.05, 0) is 0 Å². The third-order valence-corrected chi connectivity index (χ3v) is 1.74. The molecule has 0 spiro atoms. The highest BCUT2D eigenvalue weighted by molar-refractivity contribution is 7.13. The molecule has 0 atom stereocenters. The second-order valence-electron chi connectivity index (χ2n) is 2.02. The SMILES string of the molecule is Nc1nc(CO/N=C\C(=O)O)cs1. The van der Waals surface area contributed by atoms with Crippen LogP contribution in [0.3, 0.4) is 0 Å². The van der Waals surface area contributed by atoms with Crippen molar-refractivity contribution < 1.29 is 14.7 Å². The average Bonchev–Trinajstić information content (AvgIpc) is 2.45. The van der Waals surface area contributed by atoms with Crippen molar-refractivity contribution in [2.45, 2.75) is 6.61 Å². The molecular formula is C6H7N3O3S. The van der Waals surface area contributed by atoms with Crippen LogP contribution in [0.15, 0.2) is 10.5 Å². The van der Waals surface area contributed by atoms with E-state index in [1.54, 1.807) is 5.38 Å². The summed E-state index contributed by atoms with van der Waals surface area (Å²) in [5.74, 6) is -1.15. The first-order chi connectivity index (χ1) is 6.18. The zero-order valence-electron chi connectivity index (χ0n) is 6.51. The Balaban J connectivity index is 2.31. The molecule has 0 aliphatic rings. The van der Waals surface area contributed by atoms with E-state index in [2.05, 4.69) is 15.0 Å². The molecule has 0 bridgehead atoms. The predicted octanol–water partition coefficient (Wildman–Crippen LogP) is 0.312. The number of carboxylic acid groups (broad SMARTS) is 1. The number of carbonyl (C=O) groups is 1. The van der Waals surface area contributed by atoms with E-state index in [4.69, 9.17) is 10.8 Å². The number of hydrogen-bond acceptors (Lipinski definition) is 6. The summed E-state index contributed by atoms with van der Waals surface area (Å²) in [6.07, 6.45) is 0.662. The quantitative estimate of drug-likeness (QED) is 0.539. The number of oxime groups is 1. The van der Waals surface area contributed by atoms with Gasteiger partial charge in [0.2, 0.25) is 0 Å². The summed E-state index contributed by atoms with van der Waals surface area (Å²) in [6, 6.07) is 0. The largest absolute Gasteiger partial charge is 0.477 e. The molecule has 0 unspecified atom stereocenters. The van der Waals surface area contributed by atoms with Gasteiger partial charge in [0, 0.05) is 5.38 Å². The van der Waals surface area contributed by atoms with E-state index in [9.17, 15) is 4.79 Å². The summed E-state index contributed by atoms with van der Waals surface area (Å²) in [7, 11) is 0. The van der Waals surface area contributed by atoms with Gasteiger partial charge in [0.1, 0.15) is 0 Å². The van der Waals surface area contributed by atoms with Gasteiger partial charge >= 0.3 is 5.97 Å². The number of nitrogens with two attached hydrogens (primary N) is 1. The van der Waals surface area contributed by atoms with Gasteiger partial charge < -0.3 is 15.7 Å². The number of rotatable bonds is 4. The average molecular weight is 201 g/mol. The van der Waals surface area contributed by atoms with Crippen molar-refractivity contribution in [3.05, 3.63) is 11.1 Å². The van der Waals surface area contributed by atoms with Crippen LogP contribution < -0.4 is 5.73 Å². The van der Waals surface area contributed by atoms with E-state index in [0.29, 0.717) is 17.0 Å². The van der Waals surface area contributed by atoms with Crippen molar-refractivity contribution in [3.63, 3.8) is 0 Å². The van der Waals surface area contributed by atoms with Gasteiger partial charge in [-0.1, -0.05) is 5.16 Å². The lowest BCUT2D eigenvalue weighted by Gasteiger charge is -1.92. The molecule has 1 aromatic heterocycles. The van der Waals surface area contributed by atoms with Crippen LogP contribution in [0.4, 0.5) is 5.13 Å². The van der Waals surface area contributed by atoms with Gasteiger partial charge in [0.25, 0.3) is 0 Å². The topological polar surface area (TPSA) is 97.8 Å². The van der Waals surface area contributed by atoms with E-state index in [-0.39, 0.29) is 6.61 Å². The van der Waals surface area contributed by atoms with Crippen LogP contribution in [-0.2, 0) is 16.2 Å². The number of carboxylic acids is 1. The minimum absolute atomic E-state index is 0.123. The highest BCUT2D eigenvalue weighted by Gasteiger charge is 1.97. The minimum atomic E-state index is -1.15. The molecule has 0 amide bonds. The fourth-order valence-electron chi connectivity index (χ4n) is 0.575. The smallest absolute Gasteiger partial charge is 0.350 e. The normalized spacial score (nSPS) is 10.5. The van der Waals surface area contributed by atoms with Crippen molar-refractivity contribution in [1.29, 1.82) is 0 Å². The molecule has 0 aliphatic heterocycles. The number of nitrogens with zero attached hydrogens (tertiary/aromatic N) is 2. The second-order valence-corrected chi connectivity index (χ2v) is 2.91. The van der Waals surface area contributed by atoms with Gasteiger partial charge in [-0.15, -0.1) is 11.3 Å². The molecule has 1 heterocycles. The number of anilines is 1. The van der Waals surface area contributed by atoms with Crippen LogP contribution in [0.25, 0.3) is 0 Å². The molecule has 0 aromatic carbocycles. The fraction of sp³-hybridized carbons (Fsp3) is 0.167. The molecule has 1 rings (SSSR count). The summed E-state index contributed by atoms with van der Waals surface area (Å²) in [4.78, 5) is 18.5. The highest BCUT2D eigenvalue weighted by atomic mass is 32.1. The van der Waals surface area contributed by atoms with Crippen LogP contribution in [0.2, 0.25) is 0 Å². The van der Waals surface area contributed by atoms with E-state index in [1.807, 2.05) is 0 Å². The molecule has 1 aromatic rings. The molecule has 0 radical (unpaired) electrons. The molecule has 6 nitrogen and oxygen atoms in total. The first-order valence-corrected chi connectivity index (χ1v) is 4.14.